The zero-order valence-electron chi connectivity index (χ0n) is 10.8. The molecule has 0 bridgehead atoms. The van der Waals surface area contributed by atoms with Gasteiger partial charge in [-0.15, -0.1) is 0 Å². The molecule has 0 amide bonds. The van der Waals surface area contributed by atoms with Crippen molar-refractivity contribution in [3.8, 4) is 11.5 Å². The molecule has 0 heterocycles. The van der Waals surface area contributed by atoms with Gasteiger partial charge in [-0.3, -0.25) is 0 Å². The molecule has 4 heteroatoms. The Morgan fingerprint density at radius 2 is 2.17 bits per heavy atom. The zero-order chi connectivity index (χ0) is 13.0. The zero-order valence-corrected chi connectivity index (χ0v) is 10.8. The van der Waals surface area contributed by atoms with Crippen molar-refractivity contribution < 1.29 is 14.9 Å². The molecule has 1 aromatic rings. The number of benzene rings is 1. The first kappa shape index (κ1) is 13.2. The smallest absolute Gasteiger partial charge is 0.123 e. The van der Waals surface area contributed by atoms with Crippen molar-refractivity contribution in [1.82, 2.24) is 5.32 Å². The number of methoxy groups -OCH3 is 1. The van der Waals surface area contributed by atoms with E-state index >= 15 is 0 Å². The Morgan fingerprint density at radius 1 is 1.39 bits per heavy atom. The van der Waals surface area contributed by atoms with Crippen molar-refractivity contribution in [2.75, 3.05) is 20.3 Å². The predicted octanol–water partition coefficient (Wildman–Crippen LogP) is 1.65. The molecule has 1 saturated carbocycles. The molecule has 1 aliphatic rings. The van der Waals surface area contributed by atoms with Crippen LogP contribution in [0.25, 0.3) is 0 Å². The van der Waals surface area contributed by atoms with Gasteiger partial charge >= 0.3 is 0 Å². The van der Waals surface area contributed by atoms with E-state index in [9.17, 15) is 5.11 Å². The molecule has 2 rings (SSSR count). The van der Waals surface area contributed by atoms with Gasteiger partial charge in [-0.05, 0) is 30.7 Å². The maximum Gasteiger partial charge on any atom is 0.123 e. The molecule has 0 radical (unpaired) electrons. The van der Waals surface area contributed by atoms with Crippen molar-refractivity contribution in [3.63, 3.8) is 0 Å². The van der Waals surface area contributed by atoms with Gasteiger partial charge in [-0.1, -0.05) is 6.07 Å². The molecule has 0 saturated heterocycles. The molecular formula is C14H21NO3. The lowest BCUT2D eigenvalue weighted by molar-refractivity contribution is 0.245. The second-order valence-electron chi connectivity index (χ2n) is 5.07. The van der Waals surface area contributed by atoms with Crippen LogP contribution in [-0.2, 0) is 6.54 Å². The lowest BCUT2D eigenvalue weighted by atomic mass is 10.0. The minimum atomic E-state index is 0.258. The van der Waals surface area contributed by atoms with E-state index in [1.807, 2.05) is 12.1 Å². The van der Waals surface area contributed by atoms with Gasteiger partial charge < -0.3 is 20.3 Å². The molecule has 0 aliphatic heterocycles. The molecule has 0 aromatic heterocycles. The van der Waals surface area contributed by atoms with Gasteiger partial charge in [0.25, 0.3) is 0 Å². The maximum atomic E-state index is 9.81. The normalized spacial score (nSPS) is 16.6. The number of aliphatic hydroxyl groups excluding tert-OH is 1. The van der Waals surface area contributed by atoms with E-state index in [-0.39, 0.29) is 12.4 Å². The Balaban J connectivity index is 1.83. The second kappa shape index (κ2) is 5.59. The summed E-state index contributed by atoms with van der Waals surface area (Å²) in [5.41, 5.74) is 1.17. The topological polar surface area (TPSA) is 61.7 Å². The Kier molecular flexibility index (Phi) is 4.09. The summed E-state index contributed by atoms with van der Waals surface area (Å²) in [7, 11) is 1.58. The van der Waals surface area contributed by atoms with Crippen LogP contribution in [0.1, 0.15) is 24.8 Å². The number of aromatic hydroxyl groups is 1. The average Bonchev–Trinajstić information content (AvgIpc) is 3.12. The first-order valence-electron chi connectivity index (χ1n) is 6.37. The average molecular weight is 251 g/mol. The van der Waals surface area contributed by atoms with Crippen LogP contribution in [0.2, 0.25) is 0 Å². The molecule has 18 heavy (non-hydrogen) atoms. The molecule has 1 fully saturated rings. The van der Waals surface area contributed by atoms with Crippen molar-refractivity contribution in [1.29, 1.82) is 0 Å². The second-order valence-corrected chi connectivity index (χ2v) is 5.07. The number of aliphatic hydroxyl groups is 1. The molecular weight excluding hydrogens is 230 g/mol. The van der Waals surface area contributed by atoms with Gasteiger partial charge in [0.05, 0.1) is 7.11 Å². The highest BCUT2D eigenvalue weighted by Crippen LogP contribution is 2.47. The molecule has 4 nitrogen and oxygen atoms in total. The first-order chi connectivity index (χ1) is 8.69. The highest BCUT2D eigenvalue weighted by atomic mass is 16.5. The summed E-state index contributed by atoms with van der Waals surface area (Å²) in [5.74, 6) is 0.920. The minimum Gasteiger partial charge on any atom is -0.507 e. The monoisotopic (exact) mass is 251 g/mol. The van der Waals surface area contributed by atoms with Crippen LogP contribution in [0.5, 0.6) is 11.5 Å². The minimum absolute atomic E-state index is 0.258. The molecule has 0 atom stereocenters. The predicted molar refractivity (Wildman–Crippen MR) is 69.7 cm³/mol. The third-order valence-electron chi connectivity index (χ3n) is 3.71. The number of hydrogen-bond donors (Lipinski definition) is 3. The highest BCUT2D eigenvalue weighted by molar-refractivity contribution is 5.39. The van der Waals surface area contributed by atoms with Crippen molar-refractivity contribution in [2.24, 2.45) is 5.41 Å². The van der Waals surface area contributed by atoms with Crippen LogP contribution in [0, 0.1) is 5.41 Å². The fourth-order valence-electron chi connectivity index (χ4n) is 2.21. The van der Waals surface area contributed by atoms with E-state index in [4.69, 9.17) is 9.84 Å². The summed E-state index contributed by atoms with van der Waals surface area (Å²) in [6.07, 6.45) is 3.25. The van der Waals surface area contributed by atoms with Gasteiger partial charge in [0, 0.05) is 31.3 Å². The number of phenolic OH excluding ortho intramolecular Hbond substituents is 1. The van der Waals surface area contributed by atoms with Crippen LogP contribution in [0.15, 0.2) is 18.2 Å². The van der Waals surface area contributed by atoms with E-state index in [0.717, 1.165) is 18.5 Å². The summed E-state index contributed by atoms with van der Waals surface area (Å²) in [4.78, 5) is 0. The fraction of sp³-hybridized carbons (Fsp3) is 0.571. The molecule has 100 valence electrons. The van der Waals surface area contributed by atoms with Crippen molar-refractivity contribution in [2.45, 2.75) is 25.8 Å². The number of rotatable bonds is 7. The van der Waals surface area contributed by atoms with Gasteiger partial charge in [0.2, 0.25) is 0 Å². The summed E-state index contributed by atoms with van der Waals surface area (Å²) in [5, 5.41) is 22.1. The number of nitrogens with one attached hydrogen (secondary N) is 1. The van der Waals surface area contributed by atoms with Crippen LogP contribution in [-0.4, -0.2) is 30.5 Å². The summed E-state index contributed by atoms with van der Waals surface area (Å²) in [6, 6.07) is 5.34. The van der Waals surface area contributed by atoms with Gasteiger partial charge in [0.15, 0.2) is 0 Å². The molecule has 0 spiro atoms. The fourth-order valence-corrected chi connectivity index (χ4v) is 2.21. The first-order valence-corrected chi connectivity index (χ1v) is 6.37. The van der Waals surface area contributed by atoms with Crippen LogP contribution in [0.3, 0.4) is 0 Å². The molecule has 1 aromatic carbocycles. The van der Waals surface area contributed by atoms with E-state index in [1.165, 1.54) is 12.8 Å². The number of ether oxygens (including phenoxy) is 1. The van der Waals surface area contributed by atoms with E-state index in [2.05, 4.69) is 5.32 Å². The summed E-state index contributed by atoms with van der Waals surface area (Å²) < 4.78 is 5.04. The summed E-state index contributed by atoms with van der Waals surface area (Å²) >= 11 is 0. The SMILES string of the molecule is COc1ccc(CNCC2(CCO)CC2)c(O)c1. The van der Waals surface area contributed by atoms with E-state index in [1.54, 1.807) is 13.2 Å². The highest BCUT2D eigenvalue weighted by Gasteiger charge is 2.41. The largest absolute Gasteiger partial charge is 0.507 e. The van der Waals surface area contributed by atoms with Gasteiger partial charge in [-0.25, -0.2) is 0 Å². The van der Waals surface area contributed by atoms with E-state index in [0.29, 0.717) is 17.7 Å². The maximum absolute atomic E-state index is 9.81. The molecule has 0 unspecified atom stereocenters. The quantitative estimate of drug-likeness (QED) is 0.689. The van der Waals surface area contributed by atoms with Gasteiger partial charge in [0.1, 0.15) is 11.5 Å². The molecule has 3 N–H and O–H groups in total. The standard InChI is InChI=1S/C14H21NO3/c1-18-12-3-2-11(13(17)8-12)9-15-10-14(4-5-14)6-7-16/h2-3,8,15-17H,4-7,9-10H2,1H3. The Hall–Kier alpha value is -1.26. The number of hydrogen-bond acceptors (Lipinski definition) is 4. The van der Waals surface area contributed by atoms with Crippen molar-refractivity contribution >= 4 is 0 Å². The number of phenols is 1. The lowest BCUT2D eigenvalue weighted by Gasteiger charge is -2.15. The third-order valence-corrected chi connectivity index (χ3v) is 3.71. The van der Waals surface area contributed by atoms with Gasteiger partial charge in [-0.2, -0.15) is 0 Å². The lowest BCUT2D eigenvalue weighted by Crippen LogP contribution is -2.24. The third kappa shape index (κ3) is 3.15. The summed E-state index contributed by atoms with van der Waals surface area (Å²) in [6.45, 7) is 1.80. The van der Waals surface area contributed by atoms with Crippen molar-refractivity contribution in [3.05, 3.63) is 23.8 Å². The Bertz CT molecular complexity index is 402. The van der Waals surface area contributed by atoms with Crippen LogP contribution in [0.4, 0.5) is 0 Å². The van der Waals surface area contributed by atoms with Crippen LogP contribution >= 0.6 is 0 Å². The van der Waals surface area contributed by atoms with E-state index < -0.39 is 0 Å². The Morgan fingerprint density at radius 3 is 2.72 bits per heavy atom. The molecule has 1 aliphatic carbocycles. The Labute approximate surface area is 108 Å². The van der Waals surface area contributed by atoms with Crippen LogP contribution < -0.4 is 10.1 Å².